The molecule has 0 radical (unpaired) electrons. The van der Waals surface area contributed by atoms with Gasteiger partial charge in [0.2, 0.25) is 5.91 Å². The third-order valence-electron chi connectivity index (χ3n) is 3.79. The number of hydrogen-bond donors (Lipinski definition) is 1. The number of benzene rings is 1. The molecule has 1 atom stereocenters. The number of carbonyl (C=O) groups is 1. The van der Waals surface area contributed by atoms with Crippen LogP contribution in [0.4, 0.5) is 0 Å². The highest BCUT2D eigenvalue weighted by Gasteiger charge is 2.27. The van der Waals surface area contributed by atoms with Crippen molar-refractivity contribution in [3.63, 3.8) is 0 Å². The summed E-state index contributed by atoms with van der Waals surface area (Å²) < 4.78 is 0. The monoisotopic (exact) mass is 330 g/mol. The Hall–Kier alpha value is -0.770. The summed E-state index contributed by atoms with van der Waals surface area (Å²) in [5.74, 6) is 0.373. The number of nitrogens with one attached hydrogen (secondary N) is 1. The maximum Gasteiger partial charge on any atom is 0.227 e. The average Bonchev–Trinajstić information content (AvgIpc) is 2.45. The van der Waals surface area contributed by atoms with Crippen LogP contribution in [0.5, 0.6) is 0 Å². The van der Waals surface area contributed by atoms with Crippen molar-refractivity contribution >= 4 is 29.9 Å². The van der Waals surface area contributed by atoms with Crippen LogP contribution in [0, 0.1) is 5.92 Å². The first-order valence-corrected chi connectivity index (χ1v) is 7.71. The van der Waals surface area contributed by atoms with Crippen LogP contribution in [0.2, 0.25) is 5.02 Å². The fourth-order valence-electron chi connectivity index (χ4n) is 2.64. The van der Waals surface area contributed by atoms with E-state index >= 15 is 0 Å². The molecule has 21 heavy (non-hydrogen) atoms. The molecule has 1 N–H and O–H groups in total. The second-order valence-corrected chi connectivity index (χ2v) is 6.17. The zero-order valence-electron chi connectivity index (χ0n) is 12.6. The Morgan fingerprint density at radius 1 is 1.48 bits per heavy atom. The molecule has 2 rings (SSSR count). The second kappa shape index (κ2) is 8.62. The Bertz CT molecular complexity index is 459. The van der Waals surface area contributed by atoms with Crippen LogP contribution < -0.4 is 5.32 Å². The summed E-state index contributed by atoms with van der Waals surface area (Å²) in [5.41, 5.74) is 1.09. The van der Waals surface area contributed by atoms with Crippen molar-refractivity contribution in [2.45, 2.75) is 39.3 Å². The van der Waals surface area contributed by atoms with E-state index in [1.54, 1.807) is 0 Å². The van der Waals surface area contributed by atoms with Gasteiger partial charge in [-0.15, -0.1) is 12.4 Å². The van der Waals surface area contributed by atoms with Crippen LogP contribution in [0.25, 0.3) is 0 Å². The zero-order valence-corrected chi connectivity index (χ0v) is 14.2. The van der Waals surface area contributed by atoms with Gasteiger partial charge >= 0.3 is 0 Å². The van der Waals surface area contributed by atoms with Crippen molar-refractivity contribution in [3.8, 4) is 0 Å². The number of carbonyl (C=O) groups excluding carboxylic acids is 1. The molecule has 3 nitrogen and oxygen atoms in total. The smallest absolute Gasteiger partial charge is 0.227 e. The molecule has 1 amide bonds. The van der Waals surface area contributed by atoms with Crippen LogP contribution in [0.1, 0.15) is 32.3 Å². The minimum atomic E-state index is 0. The van der Waals surface area contributed by atoms with Gasteiger partial charge in [0.25, 0.3) is 0 Å². The first-order chi connectivity index (χ1) is 9.58. The molecule has 1 aliphatic heterocycles. The van der Waals surface area contributed by atoms with Crippen molar-refractivity contribution in [2.24, 2.45) is 5.92 Å². The van der Waals surface area contributed by atoms with E-state index in [2.05, 4.69) is 19.2 Å². The highest BCUT2D eigenvalue weighted by Crippen LogP contribution is 2.19. The Morgan fingerprint density at radius 2 is 2.24 bits per heavy atom. The van der Waals surface area contributed by atoms with Crippen LogP contribution >= 0.6 is 24.0 Å². The van der Waals surface area contributed by atoms with Gasteiger partial charge in [0.15, 0.2) is 0 Å². The molecule has 0 spiro atoms. The lowest BCUT2D eigenvalue weighted by Gasteiger charge is -2.32. The molecule has 1 saturated heterocycles. The summed E-state index contributed by atoms with van der Waals surface area (Å²) in [6.07, 6.45) is 2.07. The molecule has 0 saturated carbocycles. The van der Waals surface area contributed by atoms with E-state index in [1.165, 1.54) is 0 Å². The van der Waals surface area contributed by atoms with Crippen molar-refractivity contribution in [1.82, 2.24) is 10.2 Å². The lowest BCUT2D eigenvalue weighted by atomic mass is 9.97. The van der Waals surface area contributed by atoms with Gasteiger partial charge in [-0.05, 0) is 50.9 Å². The Morgan fingerprint density at radius 3 is 2.81 bits per heavy atom. The van der Waals surface area contributed by atoms with Gasteiger partial charge in [-0.3, -0.25) is 4.79 Å². The third kappa shape index (κ3) is 5.17. The molecular weight excluding hydrogens is 307 g/mol. The molecular formula is C16H24Cl2N2O. The summed E-state index contributed by atoms with van der Waals surface area (Å²) in [4.78, 5) is 14.6. The second-order valence-electron chi connectivity index (χ2n) is 5.73. The normalized spacial score (nSPS) is 18.2. The molecule has 1 unspecified atom stereocenters. The van der Waals surface area contributed by atoms with E-state index in [9.17, 15) is 4.79 Å². The first kappa shape index (κ1) is 18.3. The fraction of sp³-hybridized carbons (Fsp3) is 0.562. The predicted molar refractivity (Wildman–Crippen MR) is 90.0 cm³/mol. The highest BCUT2D eigenvalue weighted by molar-refractivity contribution is 6.30. The van der Waals surface area contributed by atoms with Crippen molar-refractivity contribution < 1.29 is 4.79 Å². The summed E-state index contributed by atoms with van der Waals surface area (Å²) in [6.45, 7) is 6.60. The number of nitrogens with zero attached hydrogens (tertiary/aromatic N) is 1. The van der Waals surface area contributed by atoms with Crippen LogP contribution in [0.15, 0.2) is 24.3 Å². The van der Waals surface area contributed by atoms with E-state index < -0.39 is 0 Å². The third-order valence-corrected chi connectivity index (χ3v) is 4.03. The minimum absolute atomic E-state index is 0. The Labute approximate surface area is 138 Å². The average molecular weight is 331 g/mol. The van der Waals surface area contributed by atoms with E-state index in [-0.39, 0.29) is 30.3 Å². The van der Waals surface area contributed by atoms with E-state index in [0.29, 0.717) is 6.54 Å². The Kier molecular flexibility index (Phi) is 7.50. The fourth-order valence-corrected chi connectivity index (χ4v) is 2.86. The molecule has 0 aliphatic carbocycles. The van der Waals surface area contributed by atoms with Crippen molar-refractivity contribution in [2.75, 3.05) is 13.1 Å². The Balaban J connectivity index is 0.00000220. The molecule has 1 fully saturated rings. The summed E-state index contributed by atoms with van der Waals surface area (Å²) >= 11 is 6.02. The van der Waals surface area contributed by atoms with Gasteiger partial charge in [0.05, 0.1) is 5.92 Å². The number of halogens is 2. The van der Waals surface area contributed by atoms with E-state index in [0.717, 1.165) is 36.5 Å². The van der Waals surface area contributed by atoms with E-state index in [1.807, 2.05) is 29.2 Å². The van der Waals surface area contributed by atoms with Gasteiger partial charge in [-0.25, -0.2) is 0 Å². The summed E-state index contributed by atoms with van der Waals surface area (Å²) in [6, 6.07) is 7.95. The van der Waals surface area contributed by atoms with Gasteiger partial charge in [0.1, 0.15) is 0 Å². The van der Waals surface area contributed by atoms with Crippen molar-refractivity contribution in [3.05, 3.63) is 34.9 Å². The zero-order chi connectivity index (χ0) is 14.5. The first-order valence-electron chi connectivity index (χ1n) is 7.33. The maximum atomic E-state index is 12.7. The molecule has 1 heterocycles. The topological polar surface area (TPSA) is 32.3 Å². The van der Waals surface area contributed by atoms with Crippen molar-refractivity contribution in [1.29, 1.82) is 0 Å². The largest absolute Gasteiger partial charge is 0.336 e. The molecule has 5 heteroatoms. The highest BCUT2D eigenvalue weighted by atomic mass is 35.5. The molecule has 0 aromatic heterocycles. The van der Waals surface area contributed by atoms with Gasteiger partial charge in [-0.2, -0.15) is 0 Å². The standard InChI is InChI=1S/C16H23ClN2O.ClH/c1-12(2)19(11-13-5-3-7-15(17)9-13)16(20)14-6-4-8-18-10-14;/h3,5,7,9,12,14,18H,4,6,8,10-11H2,1-2H3;1H. The van der Waals surface area contributed by atoms with Gasteiger partial charge < -0.3 is 10.2 Å². The number of amides is 1. The number of hydrogen-bond acceptors (Lipinski definition) is 2. The molecule has 1 aromatic rings. The molecule has 1 aromatic carbocycles. The predicted octanol–water partition coefficient (Wildman–Crippen LogP) is 3.50. The van der Waals surface area contributed by atoms with Crippen LogP contribution in [-0.4, -0.2) is 29.9 Å². The number of rotatable bonds is 4. The minimum Gasteiger partial charge on any atom is -0.336 e. The SMILES string of the molecule is CC(C)N(Cc1cccc(Cl)c1)C(=O)C1CCCNC1.Cl. The van der Waals surface area contributed by atoms with Crippen LogP contribution in [-0.2, 0) is 11.3 Å². The van der Waals surface area contributed by atoms with Gasteiger partial charge in [-0.1, -0.05) is 23.7 Å². The maximum absolute atomic E-state index is 12.7. The summed E-state index contributed by atoms with van der Waals surface area (Å²) in [7, 11) is 0. The molecule has 1 aliphatic rings. The summed E-state index contributed by atoms with van der Waals surface area (Å²) in [5, 5.41) is 4.03. The lowest BCUT2D eigenvalue weighted by molar-refractivity contribution is -0.138. The molecule has 118 valence electrons. The quantitative estimate of drug-likeness (QED) is 0.916. The van der Waals surface area contributed by atoms with E-state index in [4.69, 9.17) is 11.6 Å². The van der Waals surface area contributed by atoms with Gasteiger partial charge in [0, 0.05) is 24.2 Å². The number of piperidine rings is 1. The lowest BCUT2D eigenvalue weighted by Crippen LogP contribution is -2.45. The van der Waals surface area contributed by atoms with Crippen LogP contribution in [0.3, 0.4) is 0 Å². The molecule has 0 bridgehead atoms.